The van der Waals surface area contributed by atoms with Gasteiger partial charge < -0.3 is 10.6 Å². The van der Waals surface area contributed by atoms with Crippen molar-refractivity contribution in [3.8, 4) is 0 Å². The number of nitroso groups, excluding NO2 is 1. The Morgan fingerprint density at radius 1 is 1.27 bits per heavy atom. The van der Waals surface area contributed by atoms with Crippen molar-refractivity contribution in [1.82, 2.24) is 10.6 Å². The van der Waals surface area contributed by atoms with Crippen LogP contribution in [-0.4, -0.2) is 28.6 Å². The number of carbonyl (C=O) groups excluding carboxylic acids is 2. The van der Waals surface area contributed by atoms with Gasteiger partial charge in [-0.2, -0.15) is 0 Å². The van der Waals surface area contributed by atoms with Gasteiger partial charge >= 0.3 is 0 Å². The zero-order valence-electron chi connectivity index (χ0n) is 8.73. The Morgan fingerprint density at radius 2 is 1.87 bits per heavy atom. The summed E-state index contributed by atoms with van der Waals surface area (Å²) in [5.41, 5.74) is 0. The number of nitrogens with zero attached hydrogens (tertiary/aromatic N) is 1. The molecule has 1 rings (SSSR count). The molecule has 0 bridgehead atoms. The predicted octanol–water partition coefficient (Wildman–Crippen LogP) is 0.183. The van der Waals surface area contributed by atoms with Crippen molar-refractivity contribution >= 4 is 23.8 Å². The fraction of sp³-hybridized carbons (Fsp3) is 0.750. The van der Waals surface area contributed by atoms with Crippen LogP contribution >= 0.6 is 11.9 Å². The van der Waals surface area contributed by atoms with Crippen LogP contribution < -0.4 is 10.6 Å². The SMILES string of the molecule is C[C@@H]1NC(=O)[C@@H](C(C)(C)SN=O)NC1=O. The van der Waals surface area contributed by atoms with Crippen LogP contribution in [0.25, 0.3) is 0 Å². The van der Waals surface area contributed by atoms with E-state index in [1.807, 2.05) is 0 Å². The smallest absolute Gasteiger partial charge is 0.244 e. The second-order valence-electron chi connectivity index (χ2n) is 3.94. The Kier molecular flexibility index (Phi) is 3.33. The summed E-state index contributed by atoms with van der Waals surface area (Å²) in [6.07, 6.45) is 0. The minimum absolute atomic E-state index is 0.251. The van der Waals surface area contributed by atoms with Gasteiger partial charge in [0.15, 0.2) is 0 Å². The van der Waals surface area contributed by atoms with Gasteiger partial charge in [-0.1, -0.05) is 0 Å². The van der Waals surface area contributed by atoms with Crippen LogP contribution in [0.2, 0.25) is 0 Å². The summed E-state index contributed by atoms with van der Waals surface area (Å²) in [6.45, 7) is 4.96. The average molecular weight is 231 g/mol. The Morgan fingerprint density at radius 3 is 2.40 bits per heavy atom. The van der Waals surface area contributed by atoms with Gasteiger partial charge in [-0.3, -0.25) is 9.59 Å². The molecule has 1 aliphatic rings. The quantitative estimate of drug-likeness (QED) is 0.536. The molecule has 1 fully saturated rings. The molecule has 1 aliphatic heterocycles. The third-order valence-electron chi connectivity index (χ3n) is 2.27. The molecule has 0 aliphatic carbocycles. The van der Waals surface area contributed by atoms with E-state index in [9.17, 15) is 14.5 Å². The molecule has 2 N–H and O–H groups in total. The summed E-state index contributed by atoms with van der Waals surface area (Å²) in [7, 11) is 0. The molecule has 2 amide bonds. The Hall–Kier alpha value is -1.11. The molecular formula is C8H13N3O3S. The highest BCUT2D eigenvalue weighted by Gasteiger charge is 2.42. The lowest BCUT2D eigenvalue weighted by Crippen LogP contribution is -2.66. The number of amides is 2. The summed E-state index contributed by atoms with van der Waals surface area (Å²) in [4.78, 5) is 33.1. The lowest BCUT2D eigenvalue weighted by molar-refractivity contribution is -0.136. The first-order chi connectivity index (χ1) is 6.88. The summed E-state index contributed by atoms with van der Waals surface area (Å²) >= 11 is 0.741. The van der Waals surface area contributed by atoms with Crippen molar-refractivity contribution in [2.45, 2.75) is 37.6 Å². The van der Waals surface area contributed by atoms with Gasteiger partial charge in [-0.15, -0.1) is 4.91 Å². The molecule has 0 aromatic heterocycles. The normalized spacial score (nSPS) is 26.9. The zero-order valence-corrected chi connectivity index (χ0v) is 9.55. The number of piperazine rings is 1. The van der Waals surface area contributed by atoms with E-state index in [4.69, 9.17) is 0 Å². The van der Waals surface area contributed by atoms with Gasteiger partial charge in [-0.05, 0) is 20.8 Å². The topological polar surface area (TPSA) is 87.6 Å². The largest absolute Gasteiger partial charge is 0.343 e. The monoisotopic (exact) mass is 231 g/mol. The van der Waals surface area contributed by atoms with Crippen LogP contribution in [0.1, 0.15) is 20.8 Å². The van der Waals surface area contributed by atoms with Gasteiger partial charge in [0, 0.05) is 16.5 Å². The standard InChI is InChI=1S/C8H13N3O3S/c1-4-6(12)10-5(7(13)9-4)8(2,3)15-11-14/h4-5H,1-3H3,(H,9,13)(H,10,12)/t4-,5-/m0/s1. The lowest BCUT2D eigenvalue weighted by Gasteiger charge is -2.35. The molecule has 0 unspecified atom stereocenters. The second kappa shape index (κ2) is 4.18. The Balaban J connectivity index is 2.82. The molecule has 2 atom stereocenters. The van der Waals surface area contributed by atoms with E-state index in [2.05, 4.69) is 15.2 Å². The van der Waals surface area contributed by atoms with Crippen LogP contribution in [0.3, 0.4) is 0 Å². The first-order valence-electron chi connectivity index (χ1n) is 4.50. The number of hydrogen-bond acceptors (Lipinski definition) is 5. The van der Waals surface area contributed by atoms with Gasteiger partial charge in [-0.25, -0.2) is 0 Å². The van der Waals surface area contributed by atoms with Crippen LogP contribution in [0.5, 0.6) is 0 Å². The Bertz CT molecular complexity index is 306. The molecule has 0 aromatic rings. The van der Waals surface area contributed by atoms with Gasteiger partial charge in [0.1, 0.15) is 12.1 Å². The second-order valence-corrected chi connectivity index (χ2v) is 5.32. The van der Waals surface area contributed by atoms with Crippen molar-refractivity contribution in [3.05, 3.63) is 4.91 Å². The molecule has 0 spiro atoms. The maximum atomic E-state index is 11.6. The van der Waals surface area contributed by atoms with Crippen LogP contribution in [0, 0.1) is 4.91 Å². The summed E-state index contributed by atoms with van der Waals surface area (Å²) in [5, 5.41) is 5.11. The molecule has 0 aromatic carbocycles. The number of rotatable bonds is 3. The zero-order chi connectivity index (χ0) is 11.6. The number of hydrogen-bond donors (Lipinski definition) is 2. The number of nitrogens with one attached hydrogen (secondary N) is 2. The first-order valence-corrected chi connectivity index (χ1v) is 5.27. The van der Waals surface area contributed by atoms with Gasteiger partial charge in [0.2, 0.25) is 11.8 Å². The van der Waals surface area contributed by atoms with Crippen molar-refractivity contribution < 1.29 is 9.59 Å². The van der Waals surface area contributed by atoms with Crippen molar-refractivity contribution in [3.63, 3.8) is 0 Å². The maximum Gasteiger partial charge on any atom is 0.244 e. The summed E-state index contributed by atoms with van der Waals surface area (Å²) < 4.78 is 1.95. The molecule has 1 heterocycles. The fourth-order valence-electron chi connectivity index (χ4n) is 1.33. The lowest BCUT2D eigenvalue weighted by atomic mass is 9.99. The molecule has 7 heteroatoms. The van der Waals surface area contributed by atoms with Crippen molar-refractivity contribution in [1.29, 1.82) is 0 Å². The predicted molar refractivity (Wildman–Crippen MR) is 57.0 cm³/mol. The third-order valence-corrected chi connectivity index (χ3v) is 3.05. The van der Waals surface area contributed by atoms with Crippen molar-refractivity contribution in [2.24, 2.45) is 4.58 Å². The molecule has 15 heavy (non-hydrogen) atoms. The third kappa shape index (κ3) is 2.47. The van der Waals surface area contributed by atoms with E-state index in [0.29, 0.717) is 0 Å². The van der Waals surface area contributed by atoms with Crippen LogP contribution in [0.15, 0.2) is 4.58 Å². The summed E-state index contributed by atoms with van der Waals surface area (Å²) in [5.74, 6) is -0.539. The first kappa shape index (κ1) is 12.0. The van der Waals surface area contributed by atoms with E-state index in [0.717, 1.165) is 11.9 Å². The molecule has 6 nitrogen and oxygen atoms in total. The van der Waals surface area contributed by atoms with E-state index in [1.54, 1.807) is 20.8 Å². The molecule has 0 radical (unpaired) electrons. The van der Waals surface area contributed by atoms with Crippen LogP contribution in [0.4, 0.5) is 0 Å². The summed E-state index contributed by atoms with van der Waals surface area (Å²) in [6, 6.07) is -1.26. The highest BCUT2D eigenvalue weighted by Crippen LogP contribution is 2.29. The molecule has 0 saturated carbocycles. The van der Waals surface area contributed by atoms with E-state index >= 15 is 0 Å². The molecule has 1 saturated heterocycles. The van der Waals surface area contributed by atoms with Crippen LogP contribution in [-0.2, 0) is 9.59 Å². The minimum Gasteiger partial charge on any atom is -0.343 e. The highest BCUT2D eigenvalue weighted by atomic mass is 32.2. The maximum absolute atomic E-state index is 11.6. The fourth-order valence-corrected chi connectivity index (χ4v) is 1.80. The van der Waals surface area contributed by atoms with E-state index < -0.39 is 16.8 Å². The van der Waals surface area contributed by atoms with E-state index in [1.165, 1.54) is 0 Å². The Labute approximate surface area is 91.7 Å². The molecule has 84 valence electrons. The van der Waals surface area contributed by atoms with Gasteiger partial charge in [0.25, 0.3) is 0 Å². The highest BCUT2D eigenvalue weighted by molar-refractivity contribution is 7.99. The van der Waals surface area contributed by atoms with E-state index in [-0.39, 0.29) is 11.8 Å². The average Bonchev–Trinajstić information content (AvgIpc) is 2.11. The van der Waals surface area contributed by atoms with Gasteiger partial charge in [0.05, 0.1) is 4.75 Å². The number of carbonyl (C=O) groups is 2. The molecular weight excluding hydrogens is 218 g/mol. The minimum atomic E-state index is -0.748. The van der Waals surface area contributed by atoms with Crippen molar-refractivity contribution in [2.75, 3.05) is 0 Å².